The molecule has 3 rings (SSSR count). The van der Waals surface area contributed by atoms with E-state index in [0.29, 0.717) is 25.9 Å². The minimum absolute atomic E-state index is 0.308. The van der Waals surface area contributed by atoms with Crippen LogP contribution in [0, 0.1) is 0 Å². The van der Waals surface area contributed by atoms with Gasteiger partial charge in [0, 0.05) is 19.7 Å². The Balaban J connectivity index is 1.57. The number of rotatable bonds is 5. The zero-order valence-corrected chi connectivity index (χ0v) is 12.5. The second-order valence-electron chi connectivity index (χ2n) is 5.78. The molecule has 1 aromatic carbocycles. The van der Waals surface area contributed by atoms with Crippen molar-refractivity contribution in [3.8, 4) is 11.5 Å². The van der Waals surface area contributed by atoms with Gasteiger partial charge in [-0.2, -0.15) is 0 Å². The number of hydrogen-bond donors (Lipinski definition) is 1. The second kappa shape index (κ2) is 6.64. The van der Waals surface area contributed by atoms with Crippen LogP contribution in [0.5, 0.6) is 11.5 Å². The Hall–Kier alpha value is -1.30. The van der Waals surface area contributed by atoms with Crippen LogP contribution in [-0.2, 0) is 4.74 Å². The summed E-state index contributed by atoms with van der Waals surface area (Å²) in [5.41, 5.74) is 0.860. The molecule has 116 valence electrons. The summed E-state index contributed by atoms with van der Waals surface area (Å²) in [6.45, 7) is 3.45. The van der Waals surface area contributed by atoms with Gasteiger partial charge in [0.15, 0.2) is 11.5 Å². The summed E-state index contributed by atoms with van der Waals surface area (Å²) >= 11 is 0. The van der Waals surface area contributed by atoms with Crippen molar-refractivity contribution in [2.75, 3.05) is 40.0 Å². The average Bonchev–Trinajstić information content (AvgIpc) is 2.99. The molecule has 1 aromatic rings. The number of benzene rings is 1. The van der Waals surface area contributed by atoms with Crippen molar-refractivity contribution in [1.82, 2.24) is 4.90 Å². The molecule has 0 saturated carbocycles. The van der Waals surface area contributed by atoms with Crippen LogP contribution in [0.25, 0.3) is 0 Å². The van der Waals surface area contributed by atoms with Gasteiger partial charge in [0.1, 0.15) is 13.2 Å². The first kappa shape index (κ1) is 14.6. The predicted molar refractivity (Wildman–Crippen MR) is 78.9 cm³/mol. The first-order valence-electron chi connectivity index (χ1n) is 7.60. The number of likely N-dealkylation sites (N-methyl/N-ethyl adjacent to an activating group) is 1. The second-order valence-corrected chi connectivity index (χ2v) is 5.78. The molecule has 2 aliphatic heterocycles. The Bertz CT molecular complexity index is 473. The van der Waals surface area contributed by atoms with Crippen LogP contribution >= 0.6 is 0 Å². The van der Waals surface area contributed by atoms with Crippen molar-refractivity contribution in [2.45, 2.75) is 25.0 Å². The van der Waals surface area contributed by atoms with Gasteiger partial charge >= 0.3 is 0 Å². The molecule has 2 aliphatic rings. The summed E-state index contributed by atoms with van der Waals surface area (Å²) in [5, 5.41) is 10.4. The summed E-state index contributed by atoms with van der Waals surface area (Å²) in [6.07, 6.45) is 2.03. The molecule has 0 radical (unpaired) electrons. The van der Waals surface area contributed by atoms with E-state index >= 15 is 0 Å². The van der Waals surface area contributed by atoms with Gasteiger partial charge in [0.05, 0.1) is 12.2 Å². The fourth-order valence-electron chi connectivity index (χ4n) is 2.88. The highest BCUT2D eigenvalue weighted by molar-refractivity contribution is 5.44. The first-order valence-corrected chi connectivity index (χ1v) is 7.60. The number of nitrogens with zero attached hydrogens (tertiary/aromatic N) is 1. The molecule has 0 aliphatic carbocycles. The molecular formula is C16H23NO4. The highest BCUT2D eigenvalue weighted by Crippen LogP contribution is 2.32. The lowest BCUT2D eigenvalue weighted by atomic mass is 10.1. The molecule has 2 unspecified atom stereocenters. The Morgan fingerprint density at radius 1 is 1.24 bits per heavy atom. The van der Waals surface area contributed by atoms with Crippen LogP contribution in [0.4, 0.5) is 0 Å². The Kier molecular flexibility index (Phi) is 4.63. The summed E-state index contributed by atoms with van der Waals surface area (Å²) in [6, 6.07) is 5.64. The third-order valence-corrected chi connectivity index (χ3v) is 3.97. The molecular weight excluding hydrogens is 270 g/mol. The number of aliphatic hydroxyl groups is 1. The van der Waals surface area contributed by atoms with Gasteiger partial charge in [-0.3, -0.25) is 0 Å². The zero-order chi connectivity index (χ0) is 14.7. The van der Waals surface area contributed by atoms with E-state index < -0.39 is 6.10 Å². The molecule has 0 aromatic heterocycles. The standard InChI is InChI=1S/C16H23NO4/c1-17(10-13-3-2-6-19-13)11-14(18)12-4-5-15-16(9-12)21-8-7-20-15/h4-5,9,13-14,18H,2-3,6-8,10-11H2,1H3. The van der Waals surface area contributed by atoms with Crippen LogP contribution in [0.2, 0.25) is 0 Å². The first-order chi connectivity index (χ1) is 10.2. The number of hydrogen-bond acceptors (Lipinski definition) is 5. The Morgan fingerprint density at radius 2 is 2.05 bits per heavy atom. The van der Waals surface area contributed by atoms with E-state index in [1.165, 1.54) is 0 Å². The van der Waals surface area contributed by atoms with E-state index in [0.717, 1.165) is 43.1 Å². The maximum absolute atomic E-state index is 10.4. The molecule has 1 N–H and O–H groups in total. The van der Waals surface area contributed by atoms with Crippen molar-refractivity contribution in [3.63, 3.8) is 0 Å². The fourth-order valence-corrected chi connectivity index (χ4v) is 2.88. The Labute approximate surface area is 125 Å². The fraction of sp³-hybridized carbons (Fsp3) is 0.625. The number of fused-ring (bicyclic) bond motifs is 1. The van der Waals surface area contributed by atoms with Crippen LogP contribution in [0.15, 0.2) is 18.2 Å². The average molecular weight is 293 g/mol. The molecule has 0 amide bonds. The highest BCUT2D eigenvalue weighted by Gasteiger charge is 2.20. The predicted octanol–water partition coefficient (Wildman–Crippen LogP) is 1.60. The Morgan fingerprint density at radius 3 is 2.81 bits per heavy atom. The lowest BCUT2D eigenvalue weighted by Crippen LogP contribution is -2.32. The van der Waals surface area contributed by atoms with Gasteiger partial charge in [0.2, 0.25) is 0 Å². The summed E-state index contributed by atoms with van der Waals surface area (Å²) in [7, 11) is 2.02. The van der Waals surface area contributed by atoms with Gasteiger partial charge in [0.25, 0.3) is 0 Å². The molecule has 0 bridgehead atoms. The van der Waals surface area contributed by atoms with E-state index in [-0.39, 0.29) is 0 Å². The number of ether oxygens (including phenoxy) is 3. The SMILES string of the molecule is CN(CC1CCCO1)CC(O)c1ccc2c(c1)OCCO2. The van der Waals surface area contributed by atoms with Gasteiger partial charge in [-0.25, -0.2) is 0 Å². The largest absolute Gasteiger partial charge is 0.486 e. The number of aliphatic hydroxyl groups excluding tert-OH is 1. The van der Waals surface area contributed by atoms with E-state index in [1.807, 2.05) is 25.2 Å². The summed E-state index contributed by atoms with van der Waals surface area (Å²) in [5.74, 6) is 1.48. The molecule has 0 spiro atoms. The smallest absolute Gasteiger partial charge is 0.161 e. The van der Waals surface area contributed by atoms with E-state index in [9.17, 15) is 5.11 Å². The quantitative estimate of drug-likeness (QED) is 0.893. The van der Waals surface area contributed by atoms with Crippen molar-refractivity contribution in [3.05, 3.63) is 23.8 Å². The van der Waals surface area contributed by atoms with Crippen molar-refractivity contribution < 1.29 is 19.3 Å². The maximum Gasteiger partial charge on any atom is 0.161 e. The van der Waals surface area contributed by atoms with Crippen LogP contribution in [-0.4, -0.2) is 56.1 Å². The van der Waals surface area contributed by atoms with Gasteiger partial charge in [-0.15, -0.1) is 0 Å². The van der Waals surface area contributed by atoms with Gasteiger partial charge < -0.3 is 24.2 Å². The molecule has 5 nitrogen and oxygen atoms in total. The molecule has 1 saturated heterocycles. The lowest BCUT2D eigenvalue weighted by molar-refractivity contribution is 0.0600. The van der Waals surface area contributed by atoms with Crippen LogP contribution in [0.3, 0.4) is 0 Å². The van der Waals surface area contributed by atoms with E-state index in [2.05, 4.69) is 4.90 Å². The van der Waals surface area contributed by atoms with E-state index in [1.54, 1.807) is 0 Å². The summed E-state index contributed by atoms with van der Waals surface area (Å²) < 4.78 is 16.7. The minimum atomic E-state index is -0.535. The van der Waals surface area contributed by atoms with Gasteiger partial charge in [-0.05, 0) is 37.6 Å². The van der Waals surface area contributed by atoms with Crippen molar-refractivity contribution >= 4 is 0 Å². The normalized spacial score (nSPS) is 22.5. The molecule has 1 fully saturated rings. The topological polar surface area (TPSA) is 51.2 Å². The van der Waals surface area contributed by atoms with Crippen molar-refractivity contribution in [1.29, 1.82) is 0 Å². The summed E-state index contributed by atoms with van der Waals surface area (Å²) in [4.78, 5) is 2.12. The lowest BCUT2D eigenvalue weighted by Gasteiger charge is -2.24. The van der Waals surface area contributed by atoms with E-state index in [4.69, 9.17) is 14.2 Å². The zero-order valence-electron chi connectivity index (χ0n) is 12.5. The van der Waals surface area contributed by atoms with Crippen LogP contribution in [0.1, 0.15) is 24.5 Å². The molecule has 2 atom stereocenters. The highest BCUT2D eigenvalue weighted by atomic mass is 16.6. The van der Waals surface area contributed by atoms with Gasteiger partial charge in [-0.1, -0.05) is 6.07 Å². The molecule has 2 heterocycles. The molecule has 21 heavy (non-hydrogen) atoms. The third-order valence-electron chi connectivity index (χ3n) is 3.97. The van der Waals surface area contributed by atoms with Crippen molar-refractivity contribution in [2.24, 2.45) is 0 Å². The monoisotopic (exact) mass is 293 g/mol. The third kappa shape index (κ3) is 3.67. The minimum Gasteiger partial charge on any atom is -0.486 e. The molecule has 5 heteroatoms. The maximum atomic E-state index is 10.4. The van der Waals surface area contributed by atoms with Crippen LogP contribution < -0.4 is 9.47 Å².